The van der Waals surface area contributed by atoms with Crippen LogP contribution in [0, 0.1) is 5.82 Å². The summed E-state index contributed by atoms with van der Waals surface area (Å²) in [4.78, 5) is 72.5. The molecule has 23 heteroatoms. The van der Waals surface area contributed by atoms with Crippen molar-refractivity contribution in [3.8, 4) is 0 Å². The van der Waals surface area contributed by atoms with E-state index in [1.807, 2.05) is 9.97 Å². The Hall–Kier alpha value is -4.52. The van der Waals surface area contributed by atoms with Crippen LogP contribution in [0.1, 0.15) is 24.4 Å². The van der Waals surface area contributed by atoms with Gasteiger partial charge in [0.05, 0.1) is 19.3 Å². The molecule has 0 amide bonds. The number of halogens is 4. The SMILES string of the molecule is O=c1[nH]c(=O)n([C@H]2C[C@H](O)[C@@H](CO)O2)cc1C(F)(F)F.O=c1[nH]cc(F)c(=O)[nH]1.O=c1ccn([C@@H]2O[C@H](CO)[C@@H](O)[C@H]2O)c(=O)[nH]1. The molecule has 0 radical (unpaired) electrons. The molecule has 19 nitrogen and oxygen atoms in total. The third kappa shape index (κ3) is 8.39. The molecule has 0 aliphatic carbocycles. The summed E-state index contributed by atoms with van der Waals surface area (Å²) < 4.78 is 61.5. The molecule has 2 fully saturated rings. The van der Waals surface area contributed by atoms with Crippen molar-refractivity contribution in [2.45, 2.75) is 55.6 Å². The van der Waals surface area contributed by atoms with Crippen LogP contribution in [0.4, 0.5) is 17.6 Å². The second kappa shape index (κ2) is 14.7. The molecule has 0 spiro atoms. The third-order valence-corrected chi connectivity index (χ3v) is 6.38. The Kier molecular flexibility index (Phi) is 11.5. The molecule has 3 aromatic heterocycles. The lowest BCUT2D eigenvalue weighted by atomic mass is 10.1. The van der Waals surface area contributed by atoms with Gasteiger partial charge in [-0.2, -0.15) is 17.6 Å². The van der Waals surface area contributed by atoms with Gasteiger partial charge < -0.3 is 40.0 Å². The number of nitrogens with zero attached hydrogens (tertiary/aromatic N) is 2. The number of alkyl halides is 3. The molecule has 3 aromatic rings. The molecule has 7 atom stereocenters. The molecule has 9 N–H and O–H groups in total. The highest BCUT2D eigenvalue weighted by atomic mass is 19.4. The summed E-state index contributed by atoms with van der Waals surface area (Å²) in [6, 6.07) is 1.09. The van der Waals surface area contributed by atoms with Crippen molar-refractivity contribution in [1.29, 1.82) is 0 Å². The quantitative estimate of drug-likeness (QED) is 0.119. The van der Waals surface area contributed by atoms with Crippen LogP contribution in [0.3, 0.4) is 0 Å². The van der Waals surface area contributed by atoms with Gasteiger partial charge in [0.2, 0.25) is 5.82 Å². The zero-order chi connectivity index (χ0) is 34.5. The molecule has 0 aromatic carbocycles. The highest BCUT2D eigenvalue weighted by Gasteiger charge is 2.43. The third-order valence-electron chi connectivity index (χ3n) is 6.38. The predicted octanol–water partition coefficient (Wildman–Crippen LogP) is -4.45. The minimum atomic E-state index is -4.92. The Balaban J connectivity index is 0.000000201. The highest BCUT2D eigenvalue weighted by molar-refractivity contribution is 5.09. The van der Waals surface area contributed by atoms with E-state index in [1.165, 1.54) is 0 Å². The summed E-state index contributed by atoms with van der Waals surface area (Å²) in [5.41, 5.74) is -7.21. The molecule has 0 bridgehead atoms. The van der Waals surface area contributed by atoms with Gasteiger partial charge in [-0.25, -0.2) is 14.4 Å². The van der Waals surface area contributed by atoms with Gasteiger partial charge in [-0.05, 0) is 0 Å². The summed E-state index contributed by atoms with van der Waals surface area (Å²) in [6.45, 7) is -1.02. The average molecular weight is 670 g/mol. The number of H-pyrrole nitrogens is 4. The fourth-order valence-corrected chi connectivity index (χ4v) is 4.08. The van der Waals surface area contributed by atoms with Gasteiger partial charge in [0, 0.05) is 31.1 Å². The van der Waals surface area contributed by atoms with Crippen LogP contribution >= 0.6 is 0 Å². The van der Waals surface area contributed by atoms with Crippen LogP contribution in [0.5, 0.6) is 0 Å². The second-order valence-electron chi connectivity index (χ2n) is 9.49. The maximum absolute atomic E-state index is 12.6. The number of hydrogen-bond donors (Lipinski definition) is 9. The molecule has 5 rings (SSSR count). The van der Waals surface area contributed by atoms with Crippen molar-refractivity contribution >= 4 is 0 Å². The molecule has 0 saturated carbocycles. The van der Waals surface area contributed by atoms with Gasteiger partial charge in [0.1, 0.15) is 36.2 Å². The van der Waals surface area contributed by atoms with Gasteiger partial charge in [-0.15, -0.1) is 0 Å². The predicted molar refractivity (Wildman–Crippen MR) is 140 cm³/mol. The number of aliphatic hydroxyl groups is 5. The number of aromatic nitrogens is 6. The zero-order valence-electron chi connectivity index (χ0n) is 22.9. The molecule has 0 unspecified atom stereocenters. The van der Waals surface area contributed by atoms with Crippen LogP contribution in [0.25, 0.3) is 0 Å². The largest absolute Gasteiger partial charge is 0.423 e. The fourth-order valence-electron chi connectivity index (χ4n) is 4.08. The van der Waals surface area contributed by atoms with E-state index in [0.717, 1.165) is 16.8 Å². The fraction of sp³-hybridized carbons (Fsp3) is 0.478. The minimum absolute atomic E-state index is 0.172. The van der Waals surface area contributed by atoms with Gasteiger partial charge in [0.25, 0.3) is 16.7 Å². The smallest absolute Gasteiger partial charge is 0.394 e. The second-order valence-corrected chi connectivity index (χ2v) is 9.49. The first-order valence-electron chi connectivity index (χ1n) is 12.8. The maximum atomic E-state index is 12.6. The lowest BCUT2D eigenvalue weighted by molar-refractivity contribution is -0.139. The molecule has 5 heterocycles. The molecule has 46 heavy (non-hydrogen) atoms. The van der Waals surface area contributed by atoms with Gasteiger partial charge in [0.15, 0.2) is 6.23 Å². The normalized spacial score (nSPS) is 25.7. The molecule has 2 aliphatic rings. The Morgan fingerprint density at radius 1 is 0.848 bits per heavy atom. The summed E-state index contributed by atoms with van der Waals surface area (Å²) in [5, 5.41) is 46.5. The monoisotopic (exact) mass is 670 g/mol. The lowest BCUT2D eigenvalue weighted by Crippen LogP contribution is -2.37. The van der Waals surface area contributed by atoms with Crippen molar-refractivity contribution in [3.05, 3.63) is 98.6 Å². The van der Waals surface area contributed by atoms with Gasteiger partial charge >= 0.3 is 23.2 Å². The number of aliphatic hydroxyl groups excluding tert-OH is 5. The first kappa shape index (κ1) is 36.0. The van der Waals surface area contributed by atoms with Crippen molar-refractivity contribution < 1.29 is 52.6 Å². The van der Waals surface area contributed by atoms with E-state index in [1.54, 1.807) is 9.97 Å². The molecular weight excluding hydrogens is 644 g/mol. The van der Waals surface area contributed by atoms with Crippen molar-refractivity contribution in [2.75, 3.05) is 13.2 Å². The summed E-state index contributed by atoms with van der Waals surface area (Å²) in [5.74, 6) is -0.991. The van der Waals surface area contributed by atoms with Crippen LogP contribution in [0.2, 0.25) is 0 Å². The van der Waals surface area contributed by atoms with Crippen LogP contribution in [-0.4, -0.2) is 98.3 Å². The number of hydrogen-bond acceptors (Lipinski definition) is 13. The van der Waals surface area contributed by atoms with Crippen molar-refractivity contribution in [3.63, 3.8) is 0 Å². The van der Waals surface area contributed by atoms with Crippen molar-refractivity contribution in [1.82, 2.24) is 29.1 Å². The Morgan fingerprint density at radius 3 is 1.98 bits per heavy atom. The first-order chi connectivity index (χ1) is 21.5. The molecule has 2 saturated heterocycles. The minimum Gasteiger partial charge on any atom is -0.394 e. The Labute approximate surface area is 249 Å². The van der Waals surface area contributed by atoms with Crippen molar-refractivity contribution in [2.24, 2.45) is 0 Å². The Morgan fingerprint density at radius 2 is 1.48 bits per heavy atom. The van der Waals surface area contributed by atoms with E-state index in [2.05, 4.69) is 0 Å². The van der Waals surface area contributed by atoms with E-state index < -0.39 is 107 Å². The van der Waals surface area contributed by atoms with Crippen LogP contribution in [-0.2, 0) is 15.7 Å². The molecule has 2 aliphatic heterocycles. The molecular formula is C23H26F4N6O13. The number of nitrogens with one attached hydrogen (secondary N) is 4. The Bertz CT molecular complexity index is 1850. The van der Waals surface area contributed by atoms with Crippen LogP contribution in [0.15, 0.2) is 53.4 Å². The van der Waals surface area contributed by atoms with Gasteiger partial charge in [-0.1, -0.05) is 0 Å². The zero-order valence-corrected chi connectivity index (χ0v) is 22.9. The molecule has 254 valence electrons. The maximum Gasteiger partial charge on any atom is 0.423 e. The van der Waals surface area contributed by atoms with Crippen LogP contribution < -0.4 is 33.7 Å². The van der Waals surface area contributed by atoms with Gasteiger partial charge in [-0.3, -0.25) is 38.5 Å². The highest BCUT2D eigenvalue weighted by Crippen LogP contribution is 2.30. The van der Waals surface area contributed by atoms with E-state index in [4.69, 9.17) is 19.7 Å². The summed E-state index contributed by atoms with van der Waals surface area (Å²) >= 11 is 0. The average Bonchev–Trinajstić information content (AvgIpc) is 3.49. The number of ether oxygens (including phenoxy) is 2. The van der Waals surface area contributed by atoms with E-state index in [0.29, 0.717) is 17.0 Å². The van der Waals surface area contributed by atoms with E-state index >= 15 is 0 Å². The topological polar surface area (TPSA) is 295 Å². The van der Waals surface area contributed by atoms with E-state index in [-0.39, 0.29) is 6.42 Å². The van der Waals surface area contributed by atoms with E-state index in [9.17, 15) is 61.6 Å². The first-order valence-corrected chi connectivity index (χ1v) is 12.8. The number of aromatic amines is 4. The standard InChI is InChI=1S/C10H11F3N2O5.C9H12N2O6.C4H3FN2O2/c11-10(12,13)4-2-15(9(19)14-8(4)18)7-1-5(17)6(3-16)20-7;12-3-4-6(14)7(15)8(17-4)11-2-1-5(13)10-9(11)16;5-2-1-6-4(9)7-3(2)8/h2,5-7,16-17H,1,3H2,(H,14,18,19);1-2,4,6-8,12,14-15H,3H2,(H,10,13,16);1H,(H2,6,7,8,9)/t5-,6+,7+;4-,6-,7-,8-;/m01./s1. The summed E-state index contributed by atoms with van der Waals surface area (Å²) in [6.07, 6.45) is -10.9. The number of rotatable bonds is 4. The lowest BCUT2D eigenvalue weighted by Gasteiger charge is -2.16. The summed E-state index contributed by atoms with van der Waals surface area (Å²) in [7, 11) is 0.